The number of amides is 1. The van der Waals surface area contributed by atoms with Crippen LogP contribution in [-0.4, -0.2) is 12.5 Å². The van der Waals surface area contributed by atoms with Gasteiger partial charge in [-0.1, -0.05) is 24.3 Å². The van der Waals surface area contributed by atoms with E-state index in [0.717, 1.165) is 6.07 Å². The minimum absolute atomic E-state index is 0.0465. The van der Waals surface area contributed by atoms with Crippen LogP contribution >= 0.6 is 0 Å². The smallest absolute Gasteiger partial charge is 0.227 e. The average Bonchev–Trinajstić information content (AvgIpc) is 2.45. The minimum Gasteiger partial charge on any atom is -0.493 e. The molecule has 0 aliphatic heterocycles. The van der Waals surface area contributed by atoms with Crippen molar-refractivity contribution in [3.05, 3.63) is 60.2 Å². The monoisotopic (exact) mass is 277 g/mol. The summed E-state index contributed by atoms with van der Waals surface area (Å²) < 4.78 is 31.6. The second-order valence-electron chi connectivity index (χ2n) is 4.06. The first kappa shape index (κ1) is 14.0. The van der Waals surface area contributed by atoms with Gasteiger partial charge in [-0.25, -0.2) is 8.78 Å². The SMILES string of the molecule is O=C(CCOc1ccccc1)Nc1cccc(F)c1F. The van der Waals surface area contributed by atoms with E-state index in [4.69, 9.17) is 4.74 Å². The highest BCUT2D eigenvalue weighted by molar-refractivity contribution is 5.90. The molecule has 3 nitrogen and oxygen atoms in total. The number of halogens is 2. The van der Waals surface area contributed by atoms with Crippen molar-refractivity contribution in [3.8, 4) is 5.75 Å². The summed E-state index contributed by atoms with van der Waals surface area (Å²) in [7, 11) is 0. The lowest BCUT2D eigenvalue weighted by Crippen LogP contribution is -2.16. The molecule has 0 radical (unpaired) electrons. The van der Waals surface area contributed by atoms with Gasteiger partial charge in [-0.2, -0.15) is 0 Å². The Balaban J connectivity index is 1.82. The largest absolute Gasteiger partial charge is 0.493 e. The maximum atomic E-state index is 13.3. The van der Waals surface area contributed by atoms with Gasteiger partial charge in [0.05, 0.1) is 18.7 Å². The molecule has 2 rings (SSSR count). The molecule has 104 valence electrons. The van der Waals surface area contributed by atoms with E-state index >= 15 is 0 Å². The Morgan fingerprint density at radius 1 is 1.05 bits per heavy atom. The Labute approximate surface area is 115 Å². The van der Waals surface area contributed by atoms with Crippen molar-refractivity contribution >= 4 is 11.6 Å². The lowest BCUT2D eigenvalue weighted by molar-refractivity contribution is -0.116. The van der Waals surface area contributed by atoms with Crippen molar-refractivity contribution < 1.29 is 18.3 Å². The van der Waals surface area contributed by atoms with E-state index < -0.39 is 17.5 Å². The normalized spacial score (nSPS) is 10.1. The van der Waals surface area contributed by atoms with Crippen LogP contribution in [0.1, 0.15) is 6.42 Å². The summed E-state index contributed by atoms with van der Waals surface area (Å²) in [4.78, 5) is 11.6. The average molecular weight is 277 g/mol. The minimum atomic E-state index is -1.06. The maximum Gasteiger partial charge on any atom is 0.227 e. The van der Waals surface area contributed by atoms with Crippen LogP contribution in [0.5, 0.6) is 5.75 Å². The van der Waals surface area contributed by atoms with Gasteiger partial charge in [0.25, 0.3) is 0 Å². The Kier molecular flexibility index (Phi) is 4.65. The lowest BCUT2D eigenvalue weighted by atomic mass is 10.3. The van der Waals surface area contributed by atoms with E-state index in [1.807, 2.05) is 18.2 Å². The number of nitrogens with one attached hydrogen (secondary N) is 1. The summed E-state index contributed by atoms with van der Waals surface area (Å²) >= 11 is 0. The van der Waals surface area contributed by atoms with Crippen molar-refractivity contribution in [2.75, 3.05) is 11.9 Å². The van der Waals surface area contributed by atoms with Crippen LogP contribution in [0.15, 0.2) is 48.5 Å². The molecule has 0 aromatic heterocycles. The second kappa shape index (κ2) is 6.65. The number of anilines is 1. The number of hydrogen-bond acceptors (Lipinski definition) is 2. The van der Waals surface area contributed by atoms with Crippen molar-refractivity contribution in [2.45, 2.75) is 6.42 Å². The third-order valence-electron chi connectivity index (χ3n) is 2.57. The van der Waals surface area contributed by atoms with Crippen LogP contribution in [0.3, 0.4) is 0 Å². The first-order chi connectivity index (χ1) is 9.66. The number of benzene rings is 2. The van der Waals surface area contributed by atoms with E-state index in [2.05, 4.69) is 5.32 Å². The van der Waals surface area contributed by atoms with Crippen molar-refractivity contribution in [3.63, 3.8) is 0 Å². The van der Waals surface area contributed by atoms with Crippen molar-refractivity contribution in [1.82, 2.24) is 0 Å². The fourth-order valence-corrected chi connectivity index (χ4v) is 1.59. The van der Waals surface area contributed by atoms with Gasteiger partial charge in [0.1, 0.15) is 5.75 Å². The Morgan fingerprint density at radius 3 is 2.55 bits per heavy atom. The summed E-state index contributed by atoms with van der Waals surface area (Å²) in [5.41, 5.74) is -0.172. The number of carbonyl (C=O) groups is 1. The summed E-state index contributed by atoms with van der Waals surface area (Å²) in [6.07, 6.45) is 0.0465. The third kappa shape index (κ3) is 3.78. The van der Waals surface area contributed by atoms with Gasteiger partial charge in [0.15, 0.2) is 11.6 Å². The summed E-state index contributed by atoms with van der Waals surface area (Å²) in [6.45, 7) is 0.160. The Morgan fingerprint density at radius 2 is 1.80 bits per heavy atom. The van der Waals surface area contributed by atoms with Crippen LogP contribution in [0.4, 0.5) is 14.5 Å². The Bertz CT molecular complexity index is 588. The van der Waals surface area contributed by atoms with E-state index in [0.29, 0.717) is 5.75 Å². The van der Waals surface area contributed by atoms with Gasteiger partial charge < -0.3 is 10.1 Å². The molecule has 1 N–H and O–H groups in total. The maximum absolute atomic E-state index is 13.3. The van der Waals surface area contributed by atoms with Crippen molar-refractivity contribution in [1.29, 1.82) is 0 Å². The van der Waals surface area contributed by atoms with E-state index in [1.54, 1.807) is 12.1 Å². The number of ether oxygens (including phenoxy) is 1. The van der Waals surface area contributed by atoms with Gasteiger partial charge in [-0.15, -0.1) is 0 Å². The zero-order valence-electron chi connectivity index (χ0n) is 10.6. The predicted molar refractivity (Wildman–Crippen MR) is 71.5 cm³/mol. The van der Waals surface area contributed by atoms with Crippen LogP contribution in [0.25, 0.3) is 0 Å². The molecule has 0 bridgehead atoms. The number of rotatable bonds is 5. The molecule has 2 aromatic carbocycles. The first-order valence-electron chi connectivity index (χ1n) is 6.08. The molecule has 0 heterocycles. The molecular formula is C15H13F2NO2. The highest BCUT2D eigenvalue weighted by Gasteiger charge is 2.10. The molecule has 0 saturated heterocycles. The molecule has 0 unspecified atom stereocenters. The number of para-hydroxylation sites is 1. The summed E-state index contributed by atoms with van der Waals surface area (Å²) in [5, 5.41) is 2.30. The molecule has 0 aliphatic rings. The molecule has 0 spiro atoms. The molecule has 1 amide bonds. The van der Waals surface area contributed by atoms with Crippen LogP contribution in [0.2, 0.25) is 0 Å². The Hall–Kier alpha value is -2.43. The van der Waals surface area contributed by atoms with Crippen LogP contribution in [0, 0.1) is 11.6 Å². The lowest BCUT2D eigenvalue weighted by Gasteiger charge is -2.08. The van der Waals surface area contributed by atoms with E-state index in [-0.39, 0.29) is 18.7 Å². The molecule has 20 heavy (non-hydrogen) atoms. The zero-order chi connectivity index (χ0) is 14.4. The highest BCUT2D eigenvalue weighted by atomic mass is 19.2. The third-order valence-corrected chi connectivity index (χ3v) is 2.57. The highest BCUT2D eigenvalue weighted by Crippen LogP contribution is 2.16. The fourth-order valence-electron chi connectivity index (χ4n) is 1.59. The predicted octanol–water partition coefficient (Wildman–Crippen LogP) is 3.37. The number of hydrogen-bond donors (Lipinski definition) is 1. The van der Waals surface area contributed by atoms with Gasteiger partial charge >= 0.3 is 0 Å². The van der Waals surface area contributed by atoms with Crippen LogP contribution in [-0.2, 0) is 4.79 Å². The topological polar surface area (TPSA) is 38.3 Å². The van der Waals surface area contributed by atoms with Crippen LogP contribution < -0.4 is 10.1 Å². The standard InChI is InChI=1S/C15H13F2NO2/c16-12-7-4-8-13(15(12)17)18-14(19)9-10-20-11-5-2-1-3-6-11/h1-8H,9-10H2,(H,18,19). The molecule has 0 fully saturated rings. The van der Waals surface area contributed by atoms with Gasteiger partial charge in [-0.05, 0) is 24.3 Å². The van der Waals surface area contributed by atoms with E-state index in [1.165, 1.54) is 12.1 Å². The quantitative estimate of drug-likeness (QED) is 0.910. The summed E-state index contributed by atoms with van der Waals surface area (Å²) in [6, 6.07) is 12.6. The fraction of sp³-hybridized carbons (Fsp3) is 0.133. The molecule has 0 saturated carbocycles. The van der Waals surface area contributed by atoms with Gasteiger partial charge in [0.2, 0.25) is 5.91 Å². The second-order valence-corrected chi connectivity index (χ2v) is 4.06. The molecule has 0 aliphatic carbocycles. The van der Waals surface area contributed by atoms with Gasteiger partial charge in [0, 0.05) is 0 Å². The van der Waals surface area contributed by atoms with Gasteiger partial charge in [-0.3, -0.25) is 4.79 Å². The molecule has 0 atom stereocenters. The first-order valence-corrected chi connectivity index (χ1v) is 6.08. The van der Waals surface area contributed by atoms with E-state index in [9.17, 15) is 13.6 Å². The number of carbonyl (C=O) groups excluding carboxylic acids is 1. The van der Waals surface area contributed by atoms with Crippen molar-refractivity contribution in [2.24, 2.45) is 0 Å². The zero-order valence-corrected chi connectivity index (χ0v) is 10.6. The summed E-state index contributed by atoms with van der Waals surface area (Å²) in [5.74, 6) is -1.85. The molecule has 2 aromatic rings. The molecular weight excluding hydrogens is 264 g/mol. The molecule has 5 heteroatoms.